The molecule has 2 heterocycles. The van der Waals surface area contributed by atoms with E-state index in [1.807, 2.05) is 0 Å². The molecule has 2 N–H and O–H groups in total. The molecule has 0 bridgehead atoms. The molecule has 1 aliphatic rings. The van der Waals surface area contributed by atoms with Gasteiger partial charge in [-0.1, -0.05) is 6.07 Å². The summed E-state index contributed by atoms with van der Waals surface area (Å²) in [5, 5.41) is -2.01. The highest BCUT2D eigenvalue weighted by molar-refractivity contribution is 7.93. The van der Waals surface area contributed by atoms with Crippen LogP contribution in [-0.4, -0.2) is 50.3 Å². The molecule has 0 aliphatic carbocycles. The molecule has 0 radical (unpaired) electrons. The largest absolute Gasteiger partial charge is 0.477 e. The number of benzene rings is 1. The predicted molar refractivity (Wildman–Crippen MR) is 118 cm³/mol. The molecule has 1 aromatic carbocycles. The molecule has 32 heavy (non-hydrogen) atoms. The van der Waals surface area contributed by atoms with E-state index >= 15 is 0 Å². The maximum absolute atomic E-state index is 14.6. The van der Waals surface area contributed by atoms with Crippen molar-refractivity contribution in [2.45, 2.75) is 30.3 Å². The molecule has 1 aromatic heterocycles. The van der Waals surface area contributed by atoms with E-state index in [0.29, 0.717) is 19.3 Å². The molecular formula is C21H25F3N4O3S. The molecule has 2 aromatic rings. The summed E-state index contributed by atoms with van der Waals surface area (Å²) in [5.41, 5.74) is 5.98. The number of amidine groups is 1. The van der Waals surface area contributed by atoms with Crippen LogP contribution in [0.1, 0.15) is 41.8 Å². The average molecular weight is 471 g/mol. The normalized spacial score (nSPS) is 20.4. The van der Waals surface area contributed by atoms with Crippen molar-refractivity contribution >= 4 is 27.6 Å². The standard InChI is InChI=1S/C20H22F2N4O3S.CH3F/c1-3-29-19-11-25-16(10-26-19)15(22)9-12-4-5-14(21)13(8-12)17-6-7-18(20(23)24-2)30(17,27)28;1-2/h4-5,8-11,17-18H,3,6-7H2,1-2H3,(H2,23,24);1H3/b15-9-;. The first-order valence-corrected chi connectivity index (χ1v) is 11.3. The van der Waals surface area contributed by atoms with E-state index in [9.17, 15) is 21.6 Å². The lowest BCUT2D eigenvalue weighted by atomic mass is 10.0. The second-order valence-corrected chi connectivity index (χ2v) is 9.05. The second kappa shape index (κ2) is 11.1. The Morgan fingerprint density at radius 3 is 2.59 bits per heavy atom. The first-order chi connectivity index (χ1) is 15.3. The second-order valence-electron chi connectivity index (χ2n) is 6.74. The van der Waals surface area contributed by atoms with Gasteiger partial charge in [0.15, 0.2) is 15.7 Å². The molecule has 11 heteroatoms. The van der Waals surface area contributed by atoms with Crippen LogP contribution in [0.25, 0.3) is 11.9 Å². The molecule has 7 nitrogen and oxygen atoms in total. The fourth-order valence-electron chi connectivity index (χ4n) is 3.40. The van der Waals surface area contributed by atoms with Crippen molar-refractivity contribution in [3.63, 3.8) is 0 Å². The van der Waals surface area contributed by atoms with Crippen LogP contribution in [0.15, 0.2) is 35.6 Å². The Morgan fingerprint density at radius 1 is 1.28 bits per heavy atom. The van der Waals surface area contributed by atoms with Crippen LogP contribution in [0.3, 0.4) is 0 Å². The van der Waals surface area contributed by atoms with E-state index in [0.717, 1.165) is 12.1 Å². The number of halogens is 3. The van der Waals surface area contributed by atoms with Crippen LogP contribution in [-0.2, 0) is 9.84 Å². The van der Waals surface area contributed by atoms with Gasteiger partial charge >= 0.3 is 0 Å². The molecule has 2 unspecified atom stereocenters. The van der Waals surface area contributed by atoms with Gasteiger partial charge in [0.1, 0.15) is 22.6 Å². The van der Waals surface area contributed by atoms with E-state index in [1.54, 1.807) is 6.92 Å². The number of hydrogen-bond acceptors (Lipinski definition) is 6. The lowest BCUT2D eigenvalue weighted by Gasteiger charge is -2.15. The van der Waals surface area contributed by atoms with Crippen molar-refractivity contribution in [1.82, 2.24) is 9.97 Å². The summed E-state index contributed by atoms with van der Waals surface area (Å²) in [6, 6.07) is 3.82. The summed E-state index contributed by atoms with van der Waals surface area (Å²) in [6.45, 7) is 2.20. The molecular weight excluding hydrogens is 445 g/mol. The summed E-state index contributed by atoms with van der Waals surface area (Å²) in [5.74, 6) is -1.09. The van der Waals surface area contributed by atoms with E-state index in [2.05, 4.69) is 15.0 Å². The number of ether oxygens (including phenoxy) is 1. The van der Waals surface area contributed by atoms with Crippen LogP contribution in [0.4, 0.5) is 13.2 Å². The van der Waals surface area contributed by atoms with Gasteiger partial charge in [-0.05, 0) is 43.5 Å². The minimum atomic E-state index is -3.77. The van der Waals surface area contributed by atoms with Crippen molar-refractivity contribution in [1.29, 1.82) is 0 Å². The molecule has 3 rings (SSSR count). The van der Waals surface area contributed by atoms with Crippen LogP contribution in [0.2, 0.25) is 0 Å². The van der Waals surface area contributed by atoms with Crippen molar-refractivity contribution in [2.24, 2.45) is 10.7 Å². The van der Waals surface area contributed by atoms with Gasteiger partial charge in [-0.3, -0.25) is 9.38 Å². The Hall–Kier alpha value is -2.95. The molecule has 1 saturated heterocycles. The molecule has 0 amide bonds. The van der Waals surface area contributed by atoms with Crippen LogP contribution in [0, 0.1) is 5.82 Å². The van der Waals surface area contributed by atoms with Gasteiger partial charge in [0.2, 0.25) is 5.88 Å². The SMILES string of the molecule is CCOc1cnc(/C(F)=C/c2ccc(F)c(C3CCC(C(N)=NC)S3(=O)=O)c2)cn1.CF. The van der Waals surface area contributed by atoms with E-state index < -0.39 is 32.0 Å². The van der Waals surface area contributed by atoms with Gasteiger partial charge in [0, 0.05) is 12.6 Å². The first kappa shape index (κ1) is 25.3. The van der Waals surface area contributed by atoms with Gasteiger partial charge in [0.25, 0.3) is 0 Å². The molecule has 174 valence electrons. The van der Waals surface area contributed by atoms with Crippen molar-refractivity contribution in [3.05, 3.63) is 53.2 Å². The Bertz CT molecular complexity index is 1090. The number of sulfone groups is 1. The Labute approximate surface area is 185 Å². The van der Waals surface area contributed by atoms with Gasteiger partial charge in [-0.25, -0.2) is 27.2 Å². The molecule has 2 atom stereocenters. The van der Waals surface area contributed by atoms with E-state index in [4.69, 9.17) is 10.5 Å². The third-order valence-corrected chi connectivity index (χ3v) is 7.45. The number of nitrogens with two attached hydrogens (primary N) is 1. The molecule has 1 aliphatic heterocycles. The first-order valence-electron chi connectivity index (χ1n) is 9.72. The number of aliphatic imine (C=N–C) groups is 1. The zero-order chi connectivity index (χ0) is 23.9. The highest BCUT2D eigenvalue weighted by atomic mass is 32.2. The smallest absolute Gasteiger partial charge is 0.232 e. The average Bonchev–Trinajstić information content (AvgIpc) is 3.11. The fraction of sp³-hybridized carbons (Fsp3) is 0.381. The lowest BCUT2D eigenvalue weighted by molar-refractivity contribution is 0.325. The summed E-state index contributed by atoms with van der Waals surface area (Å²) >= 11 is 0. The quantitative estimate of drug-likeness (QED) is 0.510. The summed E-state index contributed by atoms with van der Waals surface area (Å²) < 4.78 is 69.4. The highest BCUT2D eigenvalue weighted by Crippen LogP contribution is 2.40. The van der Waals surface area contributed by atoms with Crippen molar-refractivity contribution in [3.8, 4) is 5.88 Å². The summed E-state index contributed by atoms with van der Waals surface area (Å²) in [6.07, 6.45) is 4.13. The van der Waals surface area contributed by atoms with Gasteiger partial charge in [-0.15, -0.1) is 0 Å². The zero-order valence-electron chi connectivity index (χ0n) is 17.9. The Kier molecular flexibility index (Phi) is 8.76. The van der Waals surface area contributed by atoms with E-state index in [-0.39, 0.29) is 35.8 Å². The molecule has 0 spiro atoms. The maximum atomic E-state index is 14.6. The van der Waals surface area contributed by atoms with Crippen molar-refractivity contribution in [2.75, 3.05) is 20.8 Å². The molecule has 0 saturated carbocycles. The Balaban J connectivity index is 0.00000176. The van der Waals surface area contributed by atoms with Crippen LogP contribution < -0.4 is 10.5 Å². The minimum absolute atomic E-state index is 0.00840. The number of hydrogen-bond donors (Lipinski definition) is 1. The zero-order valence-corrected chi connectivity index (χ0v) is 18.7. The third kappa shape index (κ3) is 5.45. The predicted octanol–water partition coefficient (Wildman–Crippen LogP) is 3.67. The number of nitrogens with zero attached hydrogens (tertiary/aromatic N) is 3. The lowest BCUT2D eigenvalue weighted by Crippen LogP contribution is -2.33. The van der Waals surface area contributed by atoms with Gasteiger partial charge in [-0.2, -0.15) is 0 Å². The summed E-state index contributed by atoms with van der Waals surface area (Å²) in [4.78, 5) is 11.7. The maximum Gasteiger partial charge on any atom is 0.232 e. The highest BCUT2D eigenvalue weighted by Gasteiger charge is 2.44. The number of alkyl halides is 1. The van der Waals surface area contributed by atoms with Crippen LogP contribution in [0.5, 0.6) is 5.88 Å². The van der Waals surface area contributed by atoms with Crippen LogP contribution >= 0.6 is 0 Å². The van der Waals surface area contributed by atoms with Crippen molar-refractivity contribution < 1.29 is 26.3 Å². The van der Waals surface area contributed by atoms with Gasteiger partial charge in [0.05, 0.1) is 31.4 Å². The fourth-order valence-corrected chi connectivity index (χ4v) is 5.71. The topological polar surface area (TPSA) is 108 Å². The van der Waals surface area contributed by atoms with E-state index in [1.165, 1.54) is 31.6 Å². The minimum Gasteiger partial charge on any atom is -0.477 e. The Morgan fingerprint density at radius 2 is 2.00 bits per heavy atom. The number of aromatic nitrogens is 2. The summed E-state index contributed by atoms with van der Waals surface area (Å²) in [7, 11) is -1.86. The van der Waals surface area contributed by atoms with Gasteiger partial charge < -0.3 is 10.5 Å². The monoisotopic (exact) mass is 470 g/mol. The molecule has 1 fully saturated rings. The number of rotatable bonds is 6. The third-order valence-electron chi connectivity index (χ3n) is 4.90.